The van der Waals surface area contributed by atoms with E-state index in [1.54, 1.807) is 0 Å². The molecule has 2 rings (SSSR count). The highest BCUT2D eigenvalue weighted by molar-refractivity contribution is 5.31. The van der Waals surface area contributed by atoms with E-state index in [0.717, 1.165) is 0 Å². The van der Waals surface area contributed by atoms with Gasteiger partial charge in [-0.05, 0) is 18.2 Å². The van der Waals surface area contributed by atoms with Gasteiger partial charge < -0.3 is 4.57 Å². The van der Waals surface area contributed by atoms with Gasteiger partial charge in [0.15, 0.2) is 0 Å². The summed E-state index contributed by atoms with van der Waals surface area (Å²) in [7, 11) is 0. The number of rotatable bonds is 1. The van der Waals surface area contributed by atoms with E-state index in [1.165, 1.54) is 5.69 Å². The van der Waals surface area contributed by atoms with Crippen LogP contribution in [-0.2, 0) is 0 Å². The van der Waals surface area contributed by atoms with Crippen molar-refractivity contribution in [1.29, 1.82) is 0 Å². The van der Waals surface area contributed by atoms with Gasteiger partial charge in [0.05, 0.1) is 0 Å². The molecule has 1 aromatic heterocycles. The minimum atomic E-state index is 1.17. The van der Waals surface area contributed by atoms with Crippen molar-refractivity contribution in [1.82, 2.24) is 4.57 Å². The molecule has 0 aliphatic rings. The zero-order chi connectivity index (χ0) is 7.52. The lowest BCUT2D eigenvalue weighted by molar-refractivity contribution is 1.08. The highest BCUT2D eigenvalue weighted by atomic mass is 14.9. The van der Waals surface area contributed by atoms with Crippen LogP contribution in [0.25, 0.3) is 5.69 Å². The molecule has 0 fully saturated rings. The lowest BCUT2D eigenvalue weighted by atomic mass is 10.3. The lowest BCUT2D eigenvalue weighted by Crippen LogP contribution is -1.86. The van der Waals surface area contributed by atoms with E-state index >= 15 is 0 Å². The van der Waals surface area contributed by atoms with E-state index in [-0.39, 0.29) is 0 Å². The fourth-order valence-electron chi connectivity index (χ4n) is 1.05. The van der Waals surface area contributed by atoms with Crippen molar-refractivity contribution in [2.24, 2.45) is 0 Å². The standard InChI is InChI=1S/C10H8N/c1-2-6-10(7-3-1)11-8-4-5-9-11/h1-4,6-9H. The van der Waals surface area contributed by atoms with Gasteiger partial charge in [-0.15, -0.1) is 0 Å². The van der Waals surface area contributed by atoms with Crippen molar-refractivity contribution in [3.8, 4) is 5.69 Å². The predicted octanol–water partition coefficient (Wildman–Crippen LogP) is 2.28. The molecule has 0 aliphatic heterocycles. The molecular formula is C10H8N. The minimum absolute atomic E-state index is 1.17. The lowest BCUT2D eigenvalue weighted by Gasteiger charge is -1.99. The summed E-state index contributed by atoms with van der Waals surface area (Å²) < 4.78 is 2.03. The first-order chi connectivity index (χ1) is 5.47. The van der Waals surface area contributed by atoms with Crippen LogP contribution in [-0.4, -0.2) is 4.57 Å². The molecule has 0 amide bonds. The molecule has 53 valence electrons. The second kappa shape index (κ2) is 2.62. The summed E-state index contributed by atoms with van der Waals surface area (Å²) in [5.41, 5.74) is 1.17. The fraction of sp³-hybridized carbons (Fsp3) is 0. The molecule has 1 heterocycles. The number of nitrogens with zero attached hydrogens (tertiary/aromatic N) is 1. The molecule has 1 aromatic carbocycles. The van der Waals surface area contributed by atoms with Gasteiger partial charge in [-0.1, -0.05) is 18.2 Å². The summed E-state index contributed by atoms with van der Waals surface area (Å²) in [6, 6.07) is 15.1. The molecule has 0 spiro atoms. The number of hydrogen-bond acceptors (Lipinski definition) is 0. The number of aromatic nitrogens is 1. The maximum Gasteiger partial charge on any atom is 0.0449 e. The van der Waals surface area contributed by atoms with Crippen LogP contribution in [0.1, 0.15) is 0 Å². The van der Waals surface area contributed by atoms with E-state index in [9.17, 15) is 0 Å². The van der Waals surface area contributed by atoms with Gasteiger partial charge in [-0.2, -0.15) is 0 Å². The second-order valence-electron chi connectivity index (χ2n) is 2.35. The fourth-order valence-corrected chi connectivity index (χ4v) is 1.05. The number of para-hydroxylation sites is 1. The summed E-state index contributed by atoms with van der Waals surface area (Å²) in [4.78, 5) is 0. The topological polar surface area (TPSA) is 4.93 Å². The van der Waals surface area contributed by atoms with Crippen LogP contribution in [0.2, 0.25) is 0 Å². The van der Waals surface area contributed by atoms with E-state index in [1.807, 2.05) is 41.2 Å². The SMILES string of the molecule is [c]1ccn(-c2ccccc2)c1. The van der Waals surface area contributed by atoms with Gasteiger partial charge in [0.1, 0.15) is 0 Å². The molecule has 0 N–H and O–H groups in total. The Morgan fingerprint density at radius 3 is 2.55 bits per heavy atom. The second-order valence-corrected chi connectivity index (χ2v) is 2.35. The van der Waals surface area contributed by atoms with Crippen LogP contribution in [0.5, 0.6) is 0 Å². The Labute approximate surface area is 65.9 Å². The van der Waals surface area contributed by atoms with E-state index in [4.69, 9.17) is 0 Å². The zero-order valence-electron chi connectivity index (χ0n) is 6.07. The van der Waals surface area contributed by atoms with Gasteiger partial charge in [-0.25, -0.2) is 0 Å². The summed E-state index contributed by atoms with van der Waals surface area (Å²) in [6.07, 6.45) is 3.89. The third kappa shape index (κ3) is 1.17. The van der Waals surface area contributed by atoms with Crippen molar-refractivity contribution in [2.45, 2.75) is 0 Å². The van der Waals surface area contributed by atoms with Gasteiger partial charge in [0.25, 0.3) is 0 Å². The van der Waals surface area contributed by atoms with Gasteiger partial charge in [0.2, 0.25) is 0 Å². The molecule has 2 aromatic rings. The quantitative estimate of drug-likeness (QED) is 0.575. The molecule has 0 unspecified atom stereocenters. The van der Waals surface area contributed by atoms with Crippen LogP contribution in [0.4, 0.5) is 0 Å². The number of benzene rings is 1. The highest BCUT2D eigenvalue weighted by Gasteiger charge is 1.89. The Kier molecular flexibility index (Phi) is 1.48. The minimum Gasteiger partial charge on any atom is -0.323 e. The summed E-state index contributed by atoms with van der Waals surface area (Å²) >= 11 is 0. The first-order valence-electron chi connectivity index (χ1n) is 3.56. The Morgan fingerprint density at radius 2 is 1.91 bits per heavy atom. The zero-order valence-corrected chi connectivity index (χ0v) is 6.07. The van der Waals surface area contributed by atoms with Crippen LogP contribution >= 0.6 is 0 Å². The molecule has 0 bridgehead atoms. The third-order valence-electron chi connectivity index (χ3n) is 1.60. The number of hydrogen-bond donors (Lipinski definition) is 0. The molecular weight excluding hydrogens is 134 g/mol. The van der Waals surface area contributed by atoms with E-state index < -0.39 is 0 Å². The summed E-state index contributed by atoms with van der Waals surface area (Å²) in [5.74, 6) is 0. The van der Waals surface area contributed by atoms with Crippen molar-refractivity contribution in [2.75, 3.05) is 0 Å². The Bertz CT molecular complexity index is 308. The summed E-state index contributed by atoms with van der Waals surface area (Å²) in [5, 5.41) is 0. The molecule has 0 atom stereocenters. The van der Waals surface area contributed by atoms with Crippen molar-refractivity contribution < 1.29 is 0 Å². The molecule has 0 saturated heterocycles. The molecule has 11 heavy (non-hydrogen) atoms. The molecule has 1 radical (unpaired) electrons. The highest BCUT2D eigenvalue weighted by Crippen LogP contribution is 2.05. The third-order valence-corrected chi connectivity index (χ3v) is 1.60. The molecule has 1 nitrogen and oxygen atoms in total. The van der Waals surface area contributed by atoms with E-state index in [2.05, 4.69) is 18.2 Å². The van der Waals surface area contributed by atoms with Gasteiger partial charge in [-0.3, -0.25) is 0 Å². The largest absolute Gasteiger partial charge is 0.323 e. The molecule has 0 saturated carbocycles. The maximum atomic E-state index is 2.99. The van der Waals surface area contributed by atoms with Crippen LogP contribution < -0.4 is 0 Å². The maximum absolute atomic E-state index is 2.99. The van der Waals surface area contributed by atoms with Gasteiger partial charge >= 0.3 is 0 Å². The van der Waals surface area contributed by atoms with Crippen LogP contribution in [0.3, 0.4) is 0 Å². The van der Waals surface area contributed by atoms with Crippen molar-refractivity contribution in [3.05, 3.63) is 54.9 Å². The van der Waals surface area contributed by atoms with Crippen LogP contribution in [0.15, 0.2) is 48.8 Å². The average Bonchev–Trinajstić information content (AvgIpc) is 2.58. The molecule has 0 aliphatic carbocycles. The first-order valence-corrected chi connectivity index (χ1v) is 3.56. The normalized spacial score (nSPS) is 9.82. The average molecular weight is 142 g/mol. The van der Waals surface area contributed by atoms with Crippen LogP contribution in [0, 0.1) is 6.07 Å². The smallest absolute Gasteiger partial charge is 0.0449 e. The van der Waals surface area contributed by atoms with Crippen molar-refractivity contribution >= 4 is 0 Å². The molecule has 1 heteroatoms. The Hall–Kier alpha value is -1.50. The summed E-state index contributed by atoms with van der Waals surface area (Å²) in [6.45, 7) is 0. The van der Waals surface area contributed by atoms with Crippen molar-refractivity contribution in [3.63, 3.8) is 0 Å². The van der Waals surface area contributed by atoms with Gasteiger partial charge in [0, 0.05) is 24.1 Å². The van der Waals surface area contributed by atoms with E-state index in [0.29, 0.717) is 0 Å². The Balaban J connectivity index is 2.46. The predicted molar refractivity (Wildman–Crippen MR) is 44.6 cm³/mol. The monoisotopic (exact) mass is 142 g/mol. The Morgan fingerprint density at radius 1 is 1.09 bits per heavy atom. The first kappa shape index (κ1) is 6.23.